The van der Waals surface area contributed by atoms with Gasteiger partial charge >= 0.3 is 0 Å². The molecule has 4 aromatic rings. The van der Waals surface area contributed by atoms with E-state index in [9.17, 15) is 4.79 Å². The van der Waals surface area contributed by atoms with Gasteiger partial charge in [0.25, 0.3) is 0 Å². The molecule has 1 heterocycles. The zero-order valence-corrected chi connectivity index (χ0v) is 18.1. The number of methoxy groups -OCH3 is 2. The molecule has 0 unspecified atom stereocenters. The van der Waals surface area contributed by atoms with Crippen LogP contribution in [-0.2, 0) is 11.3 Å². The molecule has 1 aromatic heterocycles. The minimum Gasteiger partial charge on any atom is -0.497 e. The first kappa shape index (κ1) is 20.8. The van der Waals surface area contributed by atoms with E-state index in [-0.39, 0.29) is 11.9 Å². The number of hydrogen-bond donors (Lipinski definition) is 1. The van der Waals surface area contributed by atoms with Crippen LogP contribution in [0.3, 0.4) is 0 Å². The van der Waals surface area contributed by atoms with E-state index >= 15 is 0 Å². The van der Waals surface area contributed by atoms with Crippen molar-refractivity contribution in [3.05, 3.63) is 66.2 Å². The normalized spacial score (nSPS) is 12.3. The molecule has 0 fully saturated rings. The number of likely N-dealkylation sites (N-methyl/N-ethyl adjacent to an activating group) is 1. The molecular weight excluding hydrogens is 392 g/mol. The SMILES string of the molecule is COc1cccc(CN(C)[C@@H](C)C(=O)Nc2cc3oc4ccccc4c3cc2OC)c1. The molecule has 0 aliphatic carbocycles. The number of rotatable bonds is 7. The molecule has 0 aliphatic rings. The summed E-state index contributed by atoms with van der Waals surface area (Å²) < 4.78 is 16.8. The number of hydrogen-bond acceptors (Lipinski definition) is 5. The predicted molar refractivity (Wildman–Crippen MR) is 123 cm³/mol. The van der Waals surface area contributed by atoms with Crippen molar-refractivity contribution in [2.75, 3.05) is 26.6 Å². The first-order chi connectivity index (χ1) is 15.0. The van der Waals surface area contributed by atoms with Gasteiger partial charge in [-0.05, 0) is 43.8 Å². The van der Waals surface area contributed by atoms with Gasteiger partial charge in [-0.2, -0.15) is 0 Å². The summed E-state index contributed by atoms with van der Waals surface area (Å²) in [6.45, 7) is 2.49. The number of fused-ring (bicyclic) bond motifs is 3. The predicted octanol–water partition coefficient (Wildman–Crippen LogP) is 5.06. The molecule has 3 aromatic carbocycles. The van der Waals surface area contributed by atoms with Crippen molar-refractivity contribution in [1.29, 1.82) is 0 Å². The van der Waals surface area contributed by atoms with Crippen molar-refractivity contribution < 1.29 is 18.7 Å². The summed E-state index contributed by atoms with van der Waals surface area (Å²) in [4.78, 5) is 15.0. The first-order valence-corrected chi connectivity index (χ1v) is 10.1. The van der Waals surface area contributed by atoms with Crippen LogP contribution in [0, 0.1) is 0 Å². The van der Waals surface area contributed by atoms with Crippen LogP contribution >= 0.6 is 0 Å². The Kier molecular flexibility index (Phi) is 5.82. The molecule has 4 rings (SSSR count). The van der Waals surface area contributed by atoms with Gasteiger partial charge in [-0.1, -0.05) is 30.3 Å². The summed E-state index contributed by atoms with van der Waals surface area (Å²) in [6, 6.07) is 19.0. The summed E-state index contributed by atoms with van der Waals surface area (Å²) >= 11 is 0. The fraction of sp³-hybridized carbons (Fsp3) is 0.240. The molecule has 0 saturated carbocycles. The first-order valence-electron chi connectivity index (χ1n) is 10.1. The van der Waals surface area contributed by atoms with E-state index < -0.39 is 0 Å². The van der Waals surface area contributed by atoms with Crippen LogP contribution in [0.4, 0.5) is 5.69 Å². The Balaban J connectivity index is 1.54. The molecular formula is C25H26N2O4. The average molecular weight is 418 g/mol. The van der Waals surface area contributed by atoms with E-state index in [1.54, 1.807) is 14.2 Å². The number of carbonyl (C=O) groups is 1. The summed E-state index contributed by atoms with van der Waals surface area (Å²) in [7, 11) is 5.16. The Labute approximate surface area is 181 Å². The Bertz CT molecular complexity index is 1230. The van der Waals surface area contributed by atoms with Crippen molar-refractivity contribution in [1.82, 2.24) is 4.90 Å². The number of furan rings is 1. The molecule has 0 aliphatic heterocycles. The average Bonchev–Trinajstić information content (AvgIpc) is 3.15. The maximum atomic E-state index is 13.0. The lowest BCUT2D eigenvalue weighted by Gasteiger charge is -2.24. The number of para-hydroxylation sites is 1. The minimum atomic E-state index is -0.359. The molecule has 1 atom stereocenters. The smallest absolute Gasteiger partial charge is 0.241 e. The van der Waals surface area contributed by atoms with Gasteiger partial charge in [-0.15, -0.1) is 0 Å². The summed E-state index contributed by atoms with van der Waals surface area (Å²) in [5.74, 6) is 1.26. The van der Waals surface area contributed by atoms with Crippen molar-refractivity contribution >= 4 is 33.5 Å². The van der Waals surface area contributed by atoms with Crippen molar-refractivity contribution in [3.63, 3.8) is 0 Å². The highest BCUT2D eigenvalue weighted by Gasteiger charge is 2.21. The second-order valence-corrected chi connectivity index (χ2v) is 7.58. The molecule has 0 bridgehead atoms. The van der Waals surface area contributed by atoms with Crippen LogP contribution in [0.15, 0.2) is 65.1 Å². The van der Waals surface area contributed by atoms with Gasteiger partial charge in [-0.25, -0.2) is 0 Å². The second-order valence-electron chi connectivity index (χ2n) is 7.58. The lowest BCUT2D eigenvalue weighted by Crippen LogP contribution is -2.39. The van der Waals surface area contributed by atoms with E-state index in [0.717, 1.165) is 27.7 Å². The van der Waals surface area contributed by atoms with E-state index in [2.05, 4.69) is 5.32 Å². The Morgan fingerprint density at radius 3 is 2.58 bits per heavy atom. The second kappa shape index (κ2) is 8.70. The van der Waals surface area contributed by atoms with E-state index in [1.807, 2.05) is 79.5 Å². The highest BCUT2D eigenvalue weighted by Crippen LogP contribution is 2.36. The van der Waals surface area contributed by atoms with Crippen LogP contribution in [0.5, 0.6) is 11.5 Å². The van der Waals surface area contributed by atoms with Gasteiger partial charge in [0.1, 0.15) is 22.7 Å². The van der Waals surface area contributed by atoms with Crippen LogP contribution < -0.4 is 14.8 Å². The van der Waals surface area contributed by atoms with Crippen LogP contribution in [0.25, 0.3) is 21.9 Å². The quantitative estimate of drug-likeness (QED) is 0.454. The third-order valence-corrected chi connectivity index (χ3v) is 5.56. The van der Waals surface area contributed by atoms with Crippen molar-refractivity contribution in [3.8, 4) is 11.5 Å². The number of benzene rings is 3. The van der Waals surface area contributed by atoms with Crippen LogP contribution in [0.2, 0.25) is 0 Å². The molecule has 6 nitrogen and oxygen atoms in total. The number of carbonyl (C=O) groups excluding carboxylic acids is 1. The standard InChI is InChI=1S/C25H26N2O4/c1-16(27(2)15-17-8-7-9-18(12-17)29-3)25(28)26-21-14-23-20(13-24(21)30-4)19-10-5-6-11-22(19)31-23/h5-14,16H,15H2,1-4H3,(H,26,28)/t16-/m0/s1. The van der Waals surface area contributed by atoms with Crippen LogP contribution in [0.1, 0.15) is 12.5 Å². The lowest BCUT2D eigenvalue weighted by atomic mass is 10.1. The maximum Gasteiger partial charge on any atom is 0.241 e. The minimum absolute atomic E-state index is 0.126. The number of amides is 1. The Morgan fingerprint density at radius 2 is 1.81 bits per heavy atom. The fourth-order valence-corrected chi connectivity index (χ4v) is 3.65. The number of anilines is 1. The van der Waals surface area contributed by atoms with E-state index in [4.69, 9.17) is 13.9 Å². The largest absolute Gasteiger partial charge is 0.497 e. The third kappa shape index (κ3) is 4.20. The fourth-order valence-electron chi connectivity index (χ4n) is 3.65. The molecule has 0 saturated heterocycles. The van der Waals surface area contributed by atoms with Crippen molar-refractivity contribution in [2.24, 2.45) is 0 Å². The maximum absolute atomic E-state index is 13.0. The number of nitrogens with zero attached hydrogens (tertiary/aromatic N) is 1. The van der Waals surface area contributed by atoms with Gasteiger partial charge in [0.2, 0.25) is 5.91 Å². The highest BCUT2D eigenvalue weighted by molar-refractivity contribution is 6.08. The molecule has 31 heavy (non-hydrogen) atoms. The summed E-state index contributed by atoms with van der Waals surface area (Å²) in [5, 5.41) is 4.96. The number of nitrogens with one attached hydrogen (secondary N) is 1. The number of ether oxygens (including phenoxy) is 2. The third-order valence-electron chi connectivity index (χ3n) is 5.56. The Hall–Kier alpha value is -3.51. The van der Waals surface area contributed by atoms with Gasteiger partial charge in [0.05, 0.1) is 25.9 Å². The zero-order valence-electron chi connectivity index (χ0n) is 18.1. The topological polar surface area (TPSA) is 63.9 Å². The van der Waals surface area contributed by atoms with E-state index in [0.29, 0.717) is 23.6 Å². The lowest BCUT2D eigenvalue weighted by molar-refractivity contribution is -0.120. The van der Waals surface area contributed by atoms with Gasteiger partial charge < -0.3 is 19.2 Å². The molecule has 1 amide bonds. The molecule has 160 valence electrons. The molecule has 6 heteroatoms. The van der Waals surface area contributed by atoms with Crippen LogP contribution in [-0.4, -0.2) is 38.1 Å². The molecule has 0 radical (unpaired) electrons. The van der Waals surface area contributed by atoms with E-state index in [1.165, 1.54) is 0 Å². The summed E-state index contributed by atoms with van der Waals surface area (Å²) in [5.41, 5.74) is 3.16. The molecule has 0 spiro atoms. The highest BCUT2D eigenvalue weighted by atomic mass is 16.5. The zero-order chi connectivity index (χ0) is 22.0. The van der Waals surface area contributed by atoms with Crippen molar-refractivity contribution in [2.45, 2.75) is 19.5 Å². The van der Waals surface area contributed by atoms with Gasteiger partial charge in [0.15, 0.2) is 0 Å². The summed E-state index contributed by atoms with van der Waals surface area (Å²) in [6.07, 6.45) is 0. The Morgan fingerprint density at radius 1 is 1.00 bits per heavy atom. The monoisotopic (exact) mass is 418 g/mol. The van der Waals surface area contributed by atoms with Gasteiger partial charge in [-0.3, -0.25) is 9.69 Å². The molecule has 1 N–H and O–H groups in total. The van der Waals surface area contributed by atoms with Gasteiger partial charge in [0, 0.05) is 23.4 Å².